The molecule has 0 radical (unpaired) electrons. The molecule has 0 fully saturated rings. The van der Waals surface area contributed by atoms with Crippen molar-refractivity contribution in [2.75, 3.05) is 6.73 Å². The second kappa shape index (κ2) is 1.66. The van der Waals surface area contributed by atoms with Crippen molar-refractivity contribution in [2.24, 2.45) is 0 Å². The maximum absolute atomic E-state index is 8.92. The molecule has 0 aliphatic rings. The van der Waals surface area contributed by atoms with Crippen molar-refractivity contribution in [1.82, 2.24) is 0 Å². The average Bonchev–Trinajstić information content (AvgIpc) is 1.38. The zero-order chi connectivity index (χ0) is 4.28. The molecule has 0 aliphatic heterocycles. The third-order valence-electron chi connectivity index (χ3n) is 0.115. The van der Waals surface area contributed by atoms with Crippen LogP contribution in [0.1, 0.15) is 0 Å². The number of aliphatic hydroxyl groups excluding tert-OH is 1. The number of hydrogen-bond donors (Lipinski definition) is 1. The first kappa shape index (κ1) is 4.36. The highest BCUT2D eigenvalue weighted by atomic mass is 16.6. The smallest absolute Gasteiger partial charge is 0.303 e. The topological polar surface area (TPSA) is 63.4 Å². The van der Waals surface area contributed by atoms with Gasteiger partial charge in [-0.15, -0.1) is 0 Å². The highest BCUT2D eigenvalue weighted by Gasteiger charge is 1.78. The molecule has 4 heteroatoms. The molecule has 0 saturated carbocycles. The van der Waals surface area contributed by atoms with Gasteiger partial charge < -0.3 is 5.11 Å². The van der Waals surface area contributed by atoms with Gasteiger partial charge in [0.05, 0.1) is 0 Å². The third-order valence-corrected chi connectivity index (χ3v) is 0.115. The van der Waals surface area contributed by atoms with E-state index in [9.17, 15) is 0 Å². The summed E-state index contributed by atoms with van der Waals surface area (Å²) in [5.41, 5.74) is 0. The molecule has 0 spiro atoms. The van der Waals surface area contributed by atoms with E-state index in [-0.39, 0.29) is 0 Å². The number of rotatable bonds is 1. The Hall–Kier alpha value is -0.640. The van der Waals surface area contributed by atoms with E-state index in [2.05, 4.69) is 0 Å². The maximum atomic E-state index is 8.92. The largest absolute Gasteiger partial charge is 0.335 e. The zero-order valence-electron chi connectivity index (χ0n) is 2.42. The fourth-order valence-electron chi connectivity index (χ4n) is 0. The fourth-order valence-corrected chi connectivity index (χ4v) is 0. The summed E-state index contributed by atoms with van der Waals surface area (Å²) in [6, 6.07) is 0. The molecule has 0 amide bonds. The van der Waals surface area contributed by atoms with E-state index in [0.29, 0.717) is 0 Å². The molecule has 30 valence electrons. The summed E-state index contributed by atoms with van der Waals surface area (Å²) in [7, 11) is 0. The van der Waals surface area contributed by atoms with E-state index < -0.39 is 11.7 Å². The number of nitrogens with zero attached hydrogens (tertiary/aromatic N) is 1. The van der Waals surface area contributed by atoms with Crippen molar-refractivity contribution in [3.8, 4) is 0 Å². The van der Waals surface area contributed by atoms with Gasteiger partial charge in [0, 0.05) is 4.92 Å². The van der Waals surface area contributed by atoms with Crippen molar-refractivity contribution in [3.63, 3.8) is 0 Å². The molecular formula is CH3NO3. The van der Waals surface area contributed by atoms with Gasteiger partial charge in [-0.3, -0.25) is 10.1 Å². The Morgan fingerprint density at radius 1 is 2.00 bits per heavy atom. The molecule has 0 aromatic carbocycles. The zero-order valence-corrected chi connectivity index (χ0v) is 2.42. The predicted molar refractivity (Wildman–Crippen MR) is 14.1 cm³/mol. The normalized spacial score (nSPS) is 7.40. The van der Waals surface area contributed by atoms with E-state index in [1.165, 1.54) is 0 Å². The van der Waals surface area contributed by atoms with Crippen LogP contribution >= 0.6 is 0 Å². The van der Waals surface area contributed by atoms with Crippen LogP contribution in [0.3, 0.4) is 0 Å². The lowest BCUT2D eigenvalue weighted by molar-refractivity contribution is -0.520. The molecule has 0 atom stereocenters. The summed E-state index contributed by atoms with van der Waals surface area (Å²) in [6.45, 7) is -0.972. The standard InChI is InChI=1S/CH3NO3/c3-1-2(4)5/h3H,1H2. The van der Waals surface area contributed by atoms with Gasteiger partial charge in [-0.05, 0) is 0 Å². The minimum Gasteiger partial charge on any atom is -0.335 e. The van der Waals surface area contributed by atoms with E-state index >= 15 is 0 Å². The molecule has 5 heavy (non-hydrogen) atoms. The van der Waals surface area contributed by atoms with E-state index in [1.807, 2.05) is 0 Å². The van der Waals surface area contributed by atoms with Gasteiger partial charge in [-0.2, -0.15) is 0 Å². The van der Waals surface area contributed by atoms with Crippen LogP contribution < -0.4 is 0 Å². The highest BCUT2D eigenvalue weighted by molar-refractivity contribution is 3.96. The molecule has 4 nitrogen and oxygen atoms in total. The lowest BCUT2D eigenvalue weighted by atomic mass is 11.4. The summed E-state index contributed by atoms with van der Waals surface area (Å²) in [5, 5.41) is 16.4. The van der Waals surface area contributed by atoms with E-state index in [0.717, 1.165) is 0 Å². The van der Waals surface area contributed by atoms with Crippen LogP contribution in [0.15, 0.2) is 0 Å². The first-order valence-corrected chi connectivity index (χ1v) is 0.998. The van der Waals surface area contributed by atoms with Crippen molar-refractivity contribution in [3.05, 3.63) is 10.1 Å². The fraction of sp³-hybridized carbons (Fsp3) is 1.00. The summed E-state index contributed by atoms with van der Waals surface area (Å²) < 4.78 is 0. The number of hydrogen-bond acceptors (Lipinski definition) is 3. The van der Waals surface area contributed by atoms with Gasteiger partial charge in [-0.1, -0.05) is 0 Å². The van der Waals surface area contributed by atoms with Crippen LogP contribution in [0.25, 0.3) is 0 Å². The SMILES string of the molecule is O=[N+]([O-])CO. The van der Waals surface area contributed by atoms with Gasteiger partial charge >= 0.3 is 6.73 Å². The van der Waals surface area contributed by atoms with Gasteiger partial charge in [0.2, 0.25) is 0 Å². The molecule has 0 unspecified atom stereocenters. The first-order valence-electron chi connectivity index (χ1n) is 0.998. The van der Waals surface area contributed by atoms with Crippen LogP contribution in [-0.2, 0) is 0 Å². The maximum Gasteiger partial charge on any atom is 0.303 e. The monoisotopic (exact) mass is 77.0 g/mol. The lowest BCUT2D eigenvalue weighted by Gasteiger charge is -1.73. The Kier molecular flexibility index (Phi) is 1.45. The summed E-state index contributed by atoms with van der Waals surface area (Å²) in [4.78, 5) is 8.10. The summed E-state index contributed by atoms with van der Waals surface area (Å²) >= 11 is 0. The molecular weight excluding hydrogens is 74.0 g/mol. The second-order valence-corrected chi connectivity index (χ2v) is 0.474. The van der Waals surface area contributed by atoms with Crippen molar-refractivity contribution in [1.29, 1.82) is 0 Å². The summed E-state index contributed by atoms with van der Waals surface area (Å²) in [5.74, 6) is 0. The molecule has 0 aromatic heterocycles. The molecule has 0 rings (SSSR count). The van der Waals surface area contributed by atoms with Crippen LogP contribution in [0, 0.1) is 10.1 Å². The van der Waals surface area contributed by atoms with E-state index in [4.69, 9.17) is 15.2 Å². The van der Waals surface area contributed by atoms with Crippen LogP contribution in [0.5, 0.6) is 0 Å². The van der Waals surface area contributed by atoms with Gasteiger partial charge in [0.1, 0.15) is 0 Å². The van der Waals surface area contributed by atoms with Crippen LogP contribution in [0.2, 0.25) is 0 Å². The number of nitro groups is 1. The Morgan fingerprint density at radius 3 is 2.20 bits per heavy atom. The minimum absolute atomic E-state index is 0.819. The minimum atomic E-state index is -0.972. The second-order valence-electron chi connectivity index (χ2n) is 0.474. The Balaban J connectivity index is 2.85. The quantitative estimate of drug-likeness (QED) is 0.253. The average molecular weight is 77.0 g/mol. The van der Waals surface area contributed by atoms with Crippen LogP contribution in [-0.4, -0.2) is 16.8 Å². The molecule has 0 aromatic rings. The Bertz CT molecular complexity index is 42.2. The molecule has 0 saturated heterocycles. The predicted octanol–water partition coefficient (Wildman–Crippen LogP) is -0.787. The van der Waals surface area contributed by atoms with Crippen molar-refractivity contribution < 1.29 is 10.0 Å². The molecule has 0 bridgehead atoms. The Labute approximate surface area is 28.2 Å². The Morgan fingerprint density at radius 2 is 2.20 bits per heavy atom. The van der Waals surface area contributed by atoms with Crippen molar-refractivity contribution >= 4 is 0 Å². The summed E-state index contributed by atoms with van der Waals surface area (Å²) in [6.07, 6.45) is 0. The van der Waals surface area contributed by atoms with Gasteiger partial charge in [0.15, 0.2) is 0 Å². The van der Waals surface area contributed by atoms with Gasteiger partial charge in [0.25, 0.3) is 0 Å². The molecule has 0 heterocycles. The lowest BCUT2D eigenvalue weighted by Crippen LogP contribution is -1.96. The van der Waals surface area contributed by atoms with E-state index in [1.54, 1.807) is 0 Å². The third kappa shape index (κ3) is 3.36. The highest BCUT2D eigenvalue weighted by Crippen LogP contribution is 1.52. The first-order chi connectivity index (χ1) is 2.27. The molecule has 0 aliphatic carbocycles. The van der Waals surface area contributed by atoms with Gasteiger partial charge in [-0.25, -0.2) is 0 Å². The van der Waals surface area contributed by atoms with Crippen molar-refractivity contribution in [2.45, 2.75) is 0 Å². The molecule has 1 N–H and O–H groups in total. The van der Waals surface area contributed by atoms with Crippen LogP contribution in [0.4, 0.5) is 0 Å². The number of aliphatic hydroxyl groups is 1.